The van der Waals surface area contributed by atoms with Crippen molar-refractivity contribution < 1.29 is 0 Å². The van der Waals surface area contributed by atoms with Crippen LogP contribution in [0.5, 0.6) is 0 Å². The van der Waals surface area contributed by atoms with Gasteiger partial charge in [-0.25, -0.2) is 4.98 Å². The summed E-state index contributed by atoms with van der Waals surface area (Å²) in [5.74, 6) is 0.597. The van der Waals surface area contributed by atoms with Gasteiger partial charge in [-0.1, -0.05) is 6.07 Å². The lowest BCUT2D eigenvalue weighted by molar-refractivity contribution is 0.722. The maximum atomic E-state index is 12.8. The number of fused-ring (bicyclic) bond motifs is 1. The summed E-state index contributed by atoms with van der Waals surface area (Å²) in [5, 5.41) is 7.86. The van der Waals surface area contributed by atoms with Gasteiger partial charge in [-0.3, -0.25) is 9.36 Å². The quantitative estimate of drug-likeness (QED) is 0.758. The molecule has 7 heteroatoms. The van der Waals surface area contributed by atoms with E-state index in [4.69, 9.17) is 5.73 Å². The molecule has 3 aromatic rings. The van der Waals surface area contributed by atoms with E-state index in [1.54, 1.807) is 15.9 Å². The highest BCUT2D eigenvalue weighted by Crippen LogP contribution is 2.34. The number of anilines is 1. The molecule has 0 saturated carbocycles. The van der Waals surface area contributed by atoms with Gasteiger partial charge in [0.15, 0.2) is 0 Å². The van der Waals surface area contributed by atoms with E-state index in [1.165, 1.54) is 11.3 Å². The molecular formula is C14H16N4OS2. The van der Waals surface area contributed by atoms with Crippen LogP contribution in [0.25, 0.3) is 20.7 Å². The van der Waals surface area contributed by atoms with E-state index in [0.717, 1.165) is 15.3 Å². The Morgan fingerprint density at radius 1 is 1.43 bits per heavy atom. The number of hydrogen-bond donors (Lipinski definition) is 2. The Labute approximate surface area is 130 Å². The van der Waals surface area contributed by atoms with Gasteiger partial charge in [0, 0.05) is 35.5 Å². The molecule has 0 amide bonds. The van der Waals surface area contributed by atoms with Crippen molar-refractivity contribution in [3.63, 3.8) is 0 Å². The van der Waals surface area contributed by atoms with Gasteiger partial charge in [0.2, 0.25) is 5.95 Å². The van der Waals surface area contributed by atoms with Crippen molar-refractivity contribution in [1.29, 1.82) is 0 Å². The summed E-state index contributed by atoms with van der Waals surface area (Å²) in [6.45, 7) is 3.62. The van der Waals surface area contributed by atoms with Crippen LogP contribution in [0.1, 0.15) is 6.92 Å². The van der Waals surface area contributed by atoms with Crippen molar-refractivity contribution >= 4 is 38.8 Å². The fourth-order valence-corrected chi connectivity index (χ4v) is 4.00. The molecule has 0 fully saturated rings. The van der Waals surface area contributed by atoms with Gasteiger partial charge in [0.1, 0.15) is 4.83 Å². The summed E-state index contributed by atoms with van der Waals surface area (Å²) >= 11 is 3.14. The molecule has 0 atom stereocenters. The second-order valence-electron chi connectivity index (χ2n) is 4.51. The van der Waals surface area contributed by atoms with Crippen molar-refractivity contribution in [2.45, 2.75) is 13.5 Å². The summed E-state index contributed by atoms with van der Waals surface area (Å²) in [7, 11) is 0. The second kappa shape index (κ2) is 5.97. The SMILES string of the molecule is CCn1c(NCCN)nc2scc(-c3cccs3)c2c1=O. The molecule has 0 aliphatic heterocycles. The van der Waals surface area contributed by atoms with Crippen LogP contribution in [0.15, 0.2) is 27.7 Å². The fraction of sp³-hybridized carbons (Fsp3) is 0.286. The molecule has 3 rings (SSSR count). The number of aromatic nitrogens is 2. The summed E-state index contributed by atoms with van der Waals surface area (Å²) in [4.78, 5) is 19.3. The first-order chi connectivity index (χ1) is 10.3. The average molecular weight is 320 g/mol. The van der Waals surface area contributed by atoms with E-state index in [-0.39, 0.29) is 5.56 Å². The lowest BCUT2D eigenvalue weighted by atomic mass is 10.2. The Kier molecular flexibility index (Phi) is 4.05. The normalized spacial score (nSPS) is 11.1. The predicted molar refractivity (Wildman–Crippen MR) is 90.4 cm³/mol. The molecule has 5 nitrogen and oxygen atoms in total. The van der Waals surface area contributed by atoms with Crippen LogP contribution < -0.4 is 16.6 Å². The molecule has 3 aromatic heterocycles. The fourth-order valence-electron chi connectivity index (χ4n) is 2.25. The minimum atomic E-state index is 0.00618. The molecule has 3 heterocycles. The maximum Gasteiger partial charge on any atom is 0.264 e. The summed E-state index contributed by atoms with van der Waals surface area (Å²) in [6.07, 6.45) is 0. The Balaban J connectivity index is 2.22. The molecular weight excluding hydrogens is 304 g/mol. The zero-order valence-corrected chi connectivity index (χ0v) is 13.3. The van der Waals surface area contributed by atoms with Gasteiger partial charge in [0.25, 0.3) is 5.56 Å². The number of nitrogens with one attached hydrogen (secondary N) is 1. The third-order valence-electron chi connectivity index (χ3n) is 3.22. The van der Waals surface area contributed by atoms with Crippen LogP contribution in [-0.2, 0) is 6.54 Å². The van der Waals surface area contributed by atoms with Gasteiger partial charge in [-0.2, -0.15) is 0 Å². The van der Waals surface area contributed by atoms with E-state index in [9.17, 15) is 4.79 Å². The monoisotopic (exact) mass is 320 g/mol. The number of nitrogens with two attached hydrogens (primary N) is 1. The minimum Gasteiger partial charge on any atom is -0.354 e. The minimum absolute atomic E-state index is 0.00618. The molecule has 0 aromatic carbocycles. The molecule has 0 unspecified atom stereocenters. The van der Waals surface area contributed by atoms with Gasteiger partial charge in [-0.15, -0.1) is 22.7 Å². The zero-order chi connectivity index (χ0) is 14.8. The van der Waals surface area contributed by atoms with Crippen LogP contribution in [0.4, 0.5) is 5.95 Å². The third-order valence-corrected chi connectivity index (χ3v) is 5.00. The molecule has 0 aliphatic carbocycles. The molecule has 0 aliphatic rings. The highest BCUT2D eigenvalue weighted by Gasteiger charge is 2.16. The second-order valence-corrected chi connectivity index (χ2v) is 6.31. The number of thiophene rings is 2. The first kappa shape index (κ1) is 14.2. The topological polar surface area (TPSA) is 72.9 Å². The maximum absolute atomic E-state index is 12.8. The number of nitrogens with zero attached hydrogens (tertiary/aromatic N) is 2. The average Bonchev–Trinajstić information content (AvgIpc) is 3.13. The molecule has 21 heavy (non-hydrogen) atoms. The van der Waals surface area contributed by atoms with Gasteiger partial charge >= 0.3 is 0 Å². The van der Waals surface area contributed by atoms with Crippen molar-refractivity contribution in [3.8, 4) is 10.4 Å². The summed E-state index contributed by atoms with van der Waals surface area (Å²) in [5.41, 5.74) is 6.50. The van der Waals surface area contributed by atoms with E-state index in [2.05, 4.69) is 10.3 Å². The van der Waals surface area contributed by atoms with Crippen molar-refractivity contribution in [3.05, 3.63) is 33.2 Å². The largest absolute Gasteiger partial charge is 0.354 e. The zero-order valence-electron chi connectivity index (χ0n) is 11.6. The van der Waals surface area contributed by atoms with Crippen LogP contribution in [0, 0.1) is 0 Å². The van der Waals surface area contributed by atoms with E-state index >= 15 is 0 Å². The standard InChI is InChI=1S/C14H16N4OS2/c1-2-18-13(19)11-9(10-4-3-7-20-10)8-21-12(11)17-14(18)16-6-5-15/h3-4,7-8H,2,5-6,15H2,1H3,(H,16,17). The Morgan fingerprint density at radius 2 is 2.29 bits per heavy atom. The predicted octanol–water partition coefficient (Wildman–Crippen LogP) is 2.58. The van der Waals surface area contributed by atoms with E-state index in [1.807, 2.05) is 29.8 Å². The molecule has 0 radical (unpaired) electrons. The molecule has 110 valence electrons. The highest BCUT2D eigenvalue weighted by atomic mass is 32.1. The first-order valence-electron chi connectivity index (χ1n) is 6.76. The summed E-state index contributed by atoms with van der Waals surface area (Å²) in [6, 6.07) is 4.02. The number of hydrogen-bond acceptors (Lipinski definition) is 6. The van der Waals surface area contributed by atoms with Gasteiger partial charge in [0.05, 0.1) is 5.39 Å². The third kappa shape index (κ3) is 2.48. The Morgan fingerprint density at radius 3 is 2.95 bits per heavy atom. The van der Waals surface area contributed by atoms with E-state index < -0.39 is 0 Å². The van der Waals surface area contributed by atoms with Crippen molar-refractivity contribution in [1.82, 2.24) is 9.55 Å². The lowest BCUT2D eigenvalue weighted by Gasteiger charge is -2.11. The summed E-state index contributed by atoms with van der Waals surface area (Å²) < 4.78 is 1.67. The highest BCUT2D eigenvalue weighted by molar-refractivity contribution is 7.18. The molecule has 0 saturated heterocycles. The van der Waals surface area contributed by atoms with Crippen LogP contribution in [-0.4, -0.2) is 22.6 Å². The van der Waals surface area contributed by atoms with Crippen LogP contribution in [0.3, 0.4) is 0 Å². The smallest absolute Gasteiger partial charge is 0.264 e. The first-order valence-corrected chi connectivity index (χ1v) is 8.52. The van der Waals surface area contributed by atoms with Gasteiger partial charge in [-0.05, 0) is 18.4 Å². The van der Waals surface area contributed by atoms with Crippen LogP contribution >= 0.6 is 22.7 Å². The number of rotatable bonds is 5. The lowest BCUT2D eigenvalue weighted by Crippen LogP contribution is -2.26. The molecule has 0 spiro atoms. The van der Waals surface area contributed by atoms with Gasteiger partial charge < -0.3 is 11.1 Å². The molecule has 0 bridgehead atoms. The Bertz CT molecular complexity index is 804. The van der Waals surface area contributed by atoms with E-state index in [0.29, 0.717) is 31.0 Å². The van der Waals surface area contributed by atoms with Crippen molar-refractivity contribution in [2.24, 2.45) is 5.73 Å². The Hall–Kier alpha value is -1.70. The van der Waals surface area contributed by atoms with Crippen LogP contribution in [0.2, 0.25) is 0 Å². The molecule has 3 N–H and O–H groups in total. The van der Waals surface area contributed by atoms with Crippen molar-refractivity contribution in [2.75, 3.05) is 18.4 Å².